The molecule has 0 radical (unpaired) electrons. The molecule has 1 aromatic rings. The molecule has 1 rings (SSSR count). The highest BCUT2D eigenvalue weighted by atomic mass is 79.9. The molecule has 1 unspecified atom stereocenters. The lowest BCUT2D eigenvalue weighted by atomic mass is 10.0. The predicted octanol–water partition coefficient (Wildman–Crippen LogP) is 2.87. The Morgan fingerprint density at radius 2 is 2.19 bits per heavy atom. The van der Waals surface area contributed by atoms with Crippen molar-refractivity contribution in [3.05, 3.63) is 34.3 Å². The SMILES string of the molecule is CCN(CCO)CC(C)c1cccc(Br)c1. The minimum absolute atomic E-state index is 0.235. The summed E-state index contributed by atoms with van der Waals surface area (Å²) in [4.78, 5) is 2.27. The van der Waals surface area contributed by atoms with E-state index >= 15 is 0 Å². The van der Waals surface area contributed by atoms with Crippen molar-refractivity contribution in [3.8, 4) is 0 Å². The van der Waals surface area contributed by atoms with Gasteiger partial charge in [-0.15, -0.1) is 0 Å². The van der Waals surface area contributed by atoms with Crippen molar-refractivity contribution in [1.29, 1.82) is 0 Å². The molecule has 2 nitrogen and oxygen atoms in total. The van der Waals surface area contributed by atoms with Crippen molar-refractivity contribution in [3.63, 3.8) is 0 Å². The van der Waals surface area contributed by atoms with Gasteiger partial charge in [0.1, 0.15) is 0 Å². The van der Waals surface area contributed by atoms with Crippen molar-refractivity contribution >= 4 is 15.9 Å². The van der Waals surface area contributed by atoms with E-state index in [4.69, 9.17) is 5.11 Å². The second-order valence-electron chi connectivity index (χ2n) is 4.07. The average molecular weight is 286 g/mol. The van der Waals surface area contributed by atoms with Crippen LogP contribution in [0.3, 0.4) is 0 Å². The zero-order valence-corrected chi connectivity index (χ0v) is 11.6. The summed E-state index contributed by atoms with van der Waals surface area (Å²) < 4.78 is 1.13. The minimum atomic E-state index is 0.235. The molecule has 0 heterocycles. The van der Waals surface area contributed by atoms with E-state index in [-0.39, 0.29) is 6.61 Å². The molecule has 0 aliphatic rings. The third-order valence-corrected chi connectivity index (χ3v) is 3.31. The highest BCUT2D eigenvalue weighted by Crippen LogP contribution is 2.20. The van der Waals surface area contributed by atoms with Crippen LogP contribution in [0.15, 0.2) is 28.7 Å². The zero-order valence-electron chi connectivity index (χ0n) is 9.99. The van der Waals surface area contributed by atoms with Crippen LogP contribution in [0.1, 0.15) is 25.3 Å². The van der Waals surface area contributed by atoms with Crippen molar-refractivity contribution in [2.75, 3.05) is 26.2 Å². The van der Waals surface area contributed by atoms with E-state index in [1.165, 1.54) is 5.56 Å². The quantitative estimate of drug-likeness (QED) is 0.869. The van der Waals surface area contributed by atoms with Gasteiger partial charge in [-0.2, -0.15) is 0 Å². The molecule has 1 atom stereocenters. The van der Waals surface area contributed by atoms with E-state index in [2.05, 4.69) is 52.9 Å². The summed E-state index contributed by atoms with van der Waals surface area (Å²) in [7, 11) is 0. The van der Waals surface area contributed by atoms with Crippen molar-refractivity contribution in [2.45, 2.75) is 19.8 Å². The summed E-state index contributed by atoms with van der Waals surface area (Å²) in [6.45, 7) is 7.32. The summed E-state index contributed by atoms with van der Waals surface area (Å²) in [6.07, 6.45) is 0. The van der Waals surface area contributed by atoms with E-state index in [1.54, 1.807) is 0 Å². The molecule has 0 aliphatic heterocycles. The molecule has 0 aliphatic carbocycles. The Bertz CT molecular complexity index is 317. The summed E-state index contributed by atoms with van der Waals surface area (Å²) in [5, 5.41) is 8.95. The molecule has 0 aromatic heterocycles. The molecule has 3 heteroatoms. The van der Waals surface area contributed by atoms with Gasteiger partial charge in [0.05, 0.1) is 6.61 Å². The minimum Gasteiger partial charge on any atom is -0.395 e. The van der Waals surface area contributed by atoms with Gasteiger partial charge in [0.25, 0.3) is 0 Å². The predicted molar refractivity (Wildman–Crippen MR) is 71.8 cm³/mol. The van der Waals surface area contributed by atoms with Crippen LogP contribution in [0, 0.1) is 0 Å². The zero-order chi connectivity index (χ0) is 12.0. The number of hydrogen-bond donors (Lipinski definition) is 1. The number of rotatable bonds is 6. The maximum atomic E-state index is 8.95. The molecule has 0 saturated carbocycles. The first-order chi connectivity index (χ1) is 7.67. The van der Waals surface area contributed by atoms with E-state index in [0.29, 0.717) is 5.92 Å². The molecular weight excluding hydrogens is 266 g/mol. The Labute approximate surface area is 106 Å². The average Bonchev–Trinajstić information content (AvgIpc) is 2.28. The molecule has 0 saturated heterocycles. The van der Waals surface area contributed by atoms with E-state index in [1.807, 2.05) is 6.07 Å². The lowest BCUT2D eigenvalue weighted by Gasteiger charge is -2.23. The Morgan fingerprint density at radius 3 is 2.75 bits per heavy atom. The molecule has 90 valence electrons. The second-order valence-corrected chi connectivity index (χ2v) is 4.99. The van der Waals surface area contributed by atoms with Crippen LogP contribution in [-0.4, -0.2) is 36.2 Å². The molecule has 0 fully saturated rings. The highest BCUT2D eigenvalue weighted by Gasteiger charge is 2.10. The normalized spacial score (nSPS) is 13.1. The molecular formula is C13H20BrNO. The summed E-state index contributed by atoms with van der Waals surface area (Å²) in [5.74, 6) is 0.490. The van der Waals surface area contributed by atoms with Crippen molar-refractivity contribution in [1.82, 2.24) is 4.90 Å². The van der Waals surface area contributed by atoms with Gasteiger partial charge in [0, 0.05) is 17.6 Å². The number of aliphatic hydroxyl groups is 1. The van der Waals surface area contributed by atoms with Crippen LogP contribution in [0.4, 0.5) is 0 Å². The number of likely N-dealkylation sites (N-methyl/N-ethyl adjacent to an activating group) is 1. The highest BCUT2D eigenvalue weighted by molar-refractivity contribution is 9.10. The summed E-state index contributed by atoms with van der Waals surface area (Å²) in [5.41, 5.74) is 1.34. The van der Waals surface area contributed by atoms with Gasteiger partial charge >= 0.3 is 0 Å². The third-order valence-electron chi connectivity index (χ3n) is 2.81. The largest absolute Gasteiger partial charge is 0.395 e. The van der Waals surface area contributed by atoms with E-state index in [9.17, 15) is 0 Å². The second kappa shape index (κ2) is 7.05. The van der Waals surface area contributed by atoms with E-state index in [0.717, 1.165) is 24.1 Å². The molecule has 1 N–H and O–H groups in total. The van der Waals surface area contributed by atoms with Gasteiger partial charge in [-0.05, 0) is 30.2 Å². The molecule has 0 bridgehead atoms. The first kappa shape index (κ1) is 13.7. The van der Waals surface area contributed by atoms with Crippen LogP contribution < -0.4 is 0 Å². The number of halogens is 1. The lowest BCUT2D eigenvalue weighted by Crippen LogP contribution is -2.30. The van der Waals surface area contributed by atoms with Crippen LogP contribution in [-0.2, 0) is 0 Å². The molecule has 1 aromatic carbocycles. The Morgan fingerprint density at radius 1 is 1.44 bits per heavy atom. The number of aliphatic hydroxyl groups excluding tert-OH is 1. The first-order valence-corrected chi connectivity index (χ1v) is 6.55. The number of nitrogens with zero attached hydrogens (tertiary/aromatic N) is 1. The maximum absolute atomic E-state index is 8.95. The number of benzene rings is 1. The van der Waals surface area contributed by atoms with Gasteiger partial charge in [-0.3, -0.25) is 0 Å². The fourth-order valence-corrected chi connectivity index (χ4v) is 2.24. The van der Waals surface area contributed by atoms with Crippen LogP contribution >= 0.6 is 15.9 Å². The molecule has 16 heavy (non-hydrogen) atoms. The summed E-state index contributed by atoms with van der Waals surface area (Å²) in [6, 6.07) is 8.43. The van der Waals surface area contributed by atoms with Gasteiger partial charge in [0.15, 0.2) is 0 Å². The maximum Gasteiger partial charge on any atom is 0.0558 e. The molecule has 0 amide bonds. The van der Waals surface area contributed by atoms with Crippen LogP contribution in [0.2, 0.25) is 0 Å². The fourth-order valence-electron chi connectivity index (χ4n) is 1.83. The Kier molecular flexibility index (Phi) is 6.03. The Hall–Kier alpha value is -0.380. The van der Waals surface area contributed by atoms with E-state index < -0.39 is 0 Å². The van der Waals surface area contributed by atoms with Crippen molar-refractivity contribution in [2.24, 2.45) is 0 Å². The topological polar surface area (TPSA) is 23.5 Å². The standard InChI is InChI=1S/C13H20BrNO/c1-3-15(7-8-16)10-11(2)12-5-4-6-13(14)9-12/h4-6,9,11,16H,3,7-8,10H2,1-2H3. The van der Waals surface area contributed by atoms with Gasteiger partial charge < -0.3 is 10.0 Å². The van der Waals surface area contributed by atoms with Crippen LogP contribution in [0.25, 0.3) is 0 Å². The lowest BCUT2D eigenvalue weighted by molar-refractivity contribution is 0.196. The first-order valence-electron chi connectivity index (χ1n) is 5.76. The third kappa shape index (κ3) is 4.24. The van der Waals surface area contributed by atoms with Gasteiger partial charge in [-0.25, -0.2) is 0 Å². The molecule has 0 spiro atoms. The monoisotopic (exact) mass is 285 g/mol. The van der Waals surface area contributed by atoms with Gasteiger partial charge in [-0.1, -0.05) is 41.9 Å². The van der Waals surface area contributed by atoms with Crippen molar-refractivity contribution < 1.29 is 5.11 Å². The smallest absolute Gasteiger partial charge is 0.0558 e. The Balaban J connectivity index is 2.60. The fraction of sp³-hybridized carbons (Fsp3) is 0.538. The van der Waals surface area contributed by atoms with Gasteiger partial charge in [0.2, 0.25) is 0 Å². The van der Waals surface area contributed by atoms with Crippen LogP contribution in [0.5, 0.6) is 0 Å². The number of hydrogen-bond acceptors (Lipinski definition) is 2. The summed E-state index contributed by atoms with van der Waals surface area (Å²) >= 11 is 3.49.